The lowest BCUT2D eigenvalue weighted by Crippen LogP contribution is -2.43. The number of halogens is 3. The molecule has 0 aromatic heterocycles. The van der Waals surface area contributed by atoms with Crippen molar-refractivity contribution >= 4 is 5.91 Å². The summed E-state index contributed by atoms with van der Waals surface area (Å²) in [5, 5.41) is 2.76. The van der Waals surface area contributed by atoms with Gasteiger partial charge in [-0.25, -0.2) is 0 Å². The van der Waals surface area contributed by atoms with Crippen molar-refractivity contribution in [1.29, 1.82) is 0 Å². The zero-order chi connectivity index (χ0) is 16.9. The summed E-state index contributed by atoms with van der Waals surface area (Å²) in [5.74, 6) is 0.0714. The van der Waals surface area contributed by atoms with Crippen LogP contribution >= 0.6 is 0 Å². The molecule has 1 aromatic carbocycles. The van der Waals surface area contributed by atoms with Crippen LogP contribution in [0.5, 0.6) is 11.5 Å². The van der Waals surface area contributed by atoms with Crippen LogP contribution in [0.1, 0.15) is 12.8 Å². The van der Waals surface area contributed by atoms with E-state index >= 15 is 0 Å². The van der Waals surface area contributed by atoms with E-state index < -0.39 is 12.8 Å². The van der Waals surface area contributed by atoms with Crippen LogP contribution in [0.15, 0.2) is 24.3 Å². The van der Waals surface area contributed by atoms with E-state index in [1.807, 2.05) is 0 Å². The highest BCUT2D eigenvalue weighted by molar-refractivity contribution is 5.78. The zero-order valence-corrected chi connectivity index (χ0v) is 12.4. The maximum Gasteiger partial charge on any atom is 0.422 e. The van der Waals surface area contributed by atoms with Gasteiger partial charge < -0.3 is 20.5 Å². The molecule has 1 aliphatic rings. The number of carbonyl (C=O) groups is 1. The van der Waals surface area contributed by atoms with Crippen molar-refractivity contribution in [1.82, 2.24) is 5.32 Å². The highest BCUT2D eigenvalue weighted by Crippen LogP contribution is 2.32. The first-order chi connectivity index (χ1) is 10.9. The minimum Gasteiger partial charge on any atom is -0.480 e. The summed E-state index contributed by atoms with van der Waals surface area (Å²) in [5.41, 5.74) is 5.59. The van der Waals surface area contributed by atoms with Crippen molar-refractivity contribution in [2.24, 2.45) is 11.7 Å². The van der Waals surface area contributed by atoms with E-state index in [1.165, 1.54) is 18.2 Å². The van der Waals surface area contributed by atoms with Gasteiger partial charge in [-0.15, -0.1) is 0 Å². The minimum absolute atomic E-state index is 0.0600. The van der Waals surface area contributed by atoms with Gasteiger partial charge in [0.25, 0.3) is 5.91 Å². The molecule has 8 heteroatoms. The van der Waals surface area contributed by atoms with Crippen LogP contribution in [0.2, 0.25) is 0 Å². The molecule has 1 saturated carbocycles. The highest BCUT2D eigenvalue weighted by atomic mass is 19.4. The quantitative estimate of drug-likeness (QED) is 0.762. The number of rotatable bonds is 8. The molecule has 2 rings (SSSR count). The van der Waals surface area contributed by atoms with E-state index in [-0.39, 0.29) is 30.1 Å². The van der Waals surface area contributed by atoms with Gasteiger partial charge in [-0.1, -0.05) is 12.1 Å². The van der Waals surface area contributed by atoms with E-state index in [0.29, 0.717) is 12.5 Å². The van der Waals surface area contributed by atoms with Crippen LogP contribution in [0, 0.1) is 5.92 Å². The van der Waals surface area contributed by atoms with Gasteiger partial charge in [0.05, 0.1) is 0 Å². The molecule has 0 aliphatic heterocycles. The van der Waals surface area contributed by atoms with Gasteiger partial charge in [0.1, 0.15) is 0 Å². The van der Waals surface area contributed by atoms with Crippen LogP contribution in [-0.2, 0) is 4.79 Å². The molecule has 1 aliphatic carbocycles. The zero-order valence-electron chi connectivity index (χ0n) is 12.4. The summed E-state index contributed by atoms with van der Waals surface area (Å²) < 4.78 is 46.6. The summed E-state index contributed by atoms with van der Waals surface area (Å²) in [4.78, 5) is 11.8. The first-order valence-corrected chi connectivity index (χ1v) is 7.30. The molecule has 0 heterocycles. The van der Waals surface area contributed by atoms with E-state index in [4.69, 9.17) is 10.5 Å². The number of alkyl halides is 3. The van der Waals surface area contributed by atoms with Crippen molar-refractivity contribution in [2.75, 3.05) is 19.8 Å². The lowest BCUT2D eigenvalue weighted by atomic mass is 10.2. The molecule has 1 amide bonds. The van der Waals surface area contributed by atoms with Gasteiger partial charge in [0.2, 0.25) is 0 Å². The van der Waals surface area contributed by atoms with Crippen LogP contribution in [0.3, 0.4) is 0 Å². The Morgan fingerprint density at radius 2 is 1.87 bits per heavy atom. The summed E-state index contributed by atoms with van der Waals surface area (Å²) in [6.45, 7) is -1.38. The van der Waals surface area contributed by atoms with E-state index in [0.717, 1.165) is 12.8 Å². The topological polar surface area (TPSA) is 73.6 Å². The molecular formula is C15H19F3N2O3. The SMILES string of the molecule is NCC(NC(=O)COc1ccccc1OCC(F)(F)F)C1CC1. The highest BCUT2D eigenvalue weighted by Gasteiger charge is 2.31. The van der Waals surface area contributed by atoms with Gasteiger partial charge in [-0.05, 0) is 30.9 Å². The van der Waals surface area contributed by atoms with E-state index in [2.05, 4.69) is 10.1 Å². The first-order valence-electron chi connectivity index (χ1n) is 7.30. The normalized spacial score (nSPS) is 15.8. The van der Waals surface area contributed by atoms with Crippen molar-refractivity contribution in [3.63, 3.8) is 0 Å². The molecule has 0 bridgehead atoms. The second-order valence-electron chi connectivity index (χ2n) is 5.39. The number of hydrogen-bond donors (Lipinski definition) is 2. The van der Waals surface area contributed by atoms with Crippen molar-refractivity contribution in [3.8, 4) is 11.5 Å². The smallest absolute Gasteiger partial charge is 0.422 e. The van der Waals surface area contributed by atoms with Gasteiger partial charge in [-0.3, -0.25) is 4.79 Å². The number of amides is 1. The molecule has 128 valence electrons. The third-order valence-corrected chi connectivity index (χ3v) is 3.39. The number of hydrogen-bond acceptors (Lipinski definition) is 4. The first kappa shape index (κ1) is 17.4. The number of para-hydroxylation sites is 2. The second-order valence-corrected chi connectivity index (χ2v) is 5.39. The van der Waals surface area contributed by atoms with Gasteiger partial charge in [-0.2, -0.15) is 13.2 Å². The Morgan fingerprint density at radius 3 is 2.39 bits per heavy atom. The maximum absolute atomic E-state index is 12.2. The summed E-state index contributed by atoms with van der Waals surface area (Å²) >= 11 is 0. The standard InChI is InChI=1S/C15H19F3N2O3/c16-15(17,18)9-23-13-4-2-1-3-12(13)22-8-14(21)20-11(7-19)10-5-6-10/h1-4,10-11H,5-9,19H2,(H,20,21). The van der Waals surface area contributed by atoms with E-state index in [9.17, 15) is 18.0 Å². The van der Waals surface area contributed by atoms with Crippen molar-refractivity contribution in [2.45, 2.75) is 25.1 Å². The van der Waals surface area contributed by atoms with Crippen LogP contribution in [0.25, 0.3) is 0 Å². The van der Waals surface area contributed by atoms with Gasteiger partial charge in [0.15, 0.2) is 24.7 Å². The molecule has 0 radical (unpaired) electrons. The fourth-order valence-corrected chi connectivity index (χ4v) is 2.11. The molecular weight excluding hydrogens is 313 g/mol. The molecule has 5 nitrogen and oxygen atoms in total. The molecule has 0 saturated heterocycles. The number of carbonyl (C=O) groups excluding carboxylic acids is 1. The Bertz CT molecular complexity index is 533. The number of ether oxygens (including phenoxy) is 2. The molecule has 1 unspecified atom stereocenters. The van der Waals surface area contributed by atoms with Crippen LogP contribution in [0.4, 0.5) is 13.2 Å². The Kier molecular flexibility index (Phi) is 5.70. The molecule has 0 spiro atoms. The Balaban J connectivity index is 1.85. The lowest BCUT2D eigenvalue weighted by Gasteiger charge is -2.17. The van der Waals surface area contributed by atoms with Gasteiger partial charge in [0, 0.05) is 12.6 Å². The summed E-state index contributed by atoms with van der Waals surface area (Å²) in [6, 6.07) is 5.82. The molecule has 3 N–H and O–H groups in total. The molecule has 1 fully saturated rings. The number of benzene rings is 1. The van der Waals surface area contributed by atoms with Crippen LogP contribution in [-0.4, -0.2) is 37.9 Å². The fraction of sp³-hybridized carbons (Fsp3) is 0.533. The predicted octanol–water partition coefficient (Wildman–Crippen LogP) is 1.86. The van der Waals surface area contributed by atoms with Crippen molar-refractivity contribution < 1.29 is 27.4 Å². The van der Waals surface area contributed by atoms with E-state index in [1.54, 1.807) is 6.07 Å². The molecule has 1 atom stereocenters. The Hall–Kier alpha value is -1.96. The number of nitrogens with two attached hydrogens (primary N) is 1. The average molecular weight is 332 g/mol. The third kappa shape index (κ3) is 5.97. The Labute approximate surface area is 131 Å². The molecule has 23 heavy (non-hydrogen) atoms. The third-order valence-electron chi connectivity index (χ3n) is 3.39. The van der Waals surface area contributed by atoms with Crippen molar-refractivity contribution in [3.05, 3.63) is 24.3 Å². The van der Waals surface area contributed by atoms with Crippen LogP contribution < -0.4 is 20.5 Å². The predicted molar refractivity (Wildman–Crippen MR) is 77.2 cm³/mol. The van der Waals surface area contributed by atoms with Gasteiger partial charge >= 0.3 is 6.18 Å². The average Bonchev–Trinajstić information content (AvgIpc) is 3.33. The Morgan fingerprint density at radius 1 is 1.26 bits per heavy atom. The summed E-state index contributed by atoms with van der Waals surface area (Å²) in [7, 11) is 0. The fourth-order valence-electron chi connectivity index (χ4n) is 2.11. The molecule has 1 aromatic rings. The second kappa shape index (κ2) is 7.54. The lowest BCUT2D eigenvalue weighted by molar-refractivity contribution is -0.153. The largest absolute Gasteiger partial charge is 0.480 e. The number of nitrogens with one attached hydrogen (secondary N) is 1. The monoisotopic (exact) mass is 332 g/mol. The minimum atomic E-state index is -4.44. The maximum atomic E-state index is 12.2. The summed E-state index contributed by atoms with van der Waals surface area (Å²) in [6.07, 6.45) is -2.36.